The Morgan fingerprint density at radius 1 is 1.17 bits per heavy atom. The van der Waals surface area contributed by atoms with Crippen LogP contribution in [-0.2, 0) is 9.59 Å². The van der Waals surface area contributed by atoms with Gasteiger partial charge in [0.15, 0.2) is 0 Å². The fourth-order valence-electron chi connectivity index (χ4n) is 2.77. The second kappa shape index (κ2) is 8.68. The monoisotopic (exact) mass is 332 g/mol. The molecule has 1 N–H and O–H groups in total. The van der Waals surface area contributed by atoms with Crippen molar-refractivity contribution in [1.29, 1.82) is 0 Å². The van der Waals surface area contributed by atoms with Crippen molar-refractivity contribution in [3.8, 4) is 0 Å². The van der Waals surface area contributed by atoms with Crippen molar-refractivity contribution in [1.82, 2.24) is 15.1 Å². The van der Waals surface area contributed by atoms with E-state index < -0.39 is 0 Å². The Kier molecular flexibility index (Phi) is 6.61. The van der Waals surface area contributed by atoms with Gasteiger partial charge in [-0.15, -0.1) is 0 Å². The number of hydrogen-bond acceptors (Lipinski definition) is 4. The van der Waals surface area contributed by atoms with Gasteiger partial charge in [-0.2, -0.15) is 0 Å². The molecule has 1 heterocycles. The van der Waals surface area contributed by atoms with E-state index in [0.29, 0.717) is 19.6 Å². The van der Waals surface area contributed by atoms with Gasteiger partial charge in [0.2, 0.25) is 11.8 Å². The third-order valence-corrected chi connectivity index (χ3v) is 4.19. The molecule has 1 aromatic rings. The van der Waals surface area contributed by atoms with Crippen LogP contribution in [0.1, 0.15) is 12.0 Å². The fraction of sp³-hybridized carbons (Fsp3) is 0.556. The van der Waals surface area contributed by atoms with Crippen molar-refractivity contribution >= 4 is 17.5 Å². The second-order valence-electron chi connectivity index (χ2n) is 6.54. The van der Waals surface area contributed by atoms with Gasteiger partial charge in [-0.05, 0) is 38.7 Å². The van der Waals surface area contributed by atoms with Crippen LogP contribution in [0.4, 0.5) is 5.69 Å². The molecule has 0 radical (unpaired) electrons. The number of anilines is 1. The maximum absolute atomic E-state index is 12.2. The topological polar surface area (TPSA) is 55.9 Å². The van der Waals surface area contributed by atoms with Gasteiger partial charge in [-0.1, -0.05) is 12.1 Å². The minimum atomic E-state index is -0.192. The van der Waals surface area contributed by atoms with E-state index in [1.165, 1.54) is 11.3 Å². The number of nitrogens with one attached hydrogen (secondary N) is 1. The highest BCUT2D eigenvalue weighted by Gasteiger charge is 2.22. The standard InChI is InChI=1S/C18H28N4O2/c1-15-5-4-6-16(13-15)21-9-11-22(12-10-21)18(24)14-17(23)19-7-8-20(2)3/h4-6,13H,7-12,14H2,1-3H3,(H,19,23). The summed E-state index contributed by atoms with van der Waals surface area (Å²) in [5, 5.41) is 2.79. The summed E-state index contributed by atoms with van der Waals surface area (Å²) in [5.41, 5.74) is 2.43. The summed E-state index contributed by atoms with van der Waals surface area (Å²) >= 11 is 0. The van der Waals surface area contributed by atoms with Crippen LogP contribution >= 0.6 is 0 Å². The third-order valence-electron chi connectivity index (χ3n) is 4.19. The van der Waals surface area contributed by atoms with Gasteiger partial charge < -0.3 is 20.0 Å². The number of hydrogen-bond donors (Lipinski definition) is 1. The number of nitrogens with zero attached hydrogens (tertiary/aromatic N) is 3. The largest absolute Gasteiger partial charge is 0.368 e. The van der Waals surface area contributed by atoms with Crippen molar-refractivity contribution in [3.05, 3.63) is 29.8 Å². The highest BCUT2D eigenvalue weighted by Crippen LogP contribution is 2.18. The number of carbonyl (C=O) groups excluding carboxylic acids is 2. The van der Waals surface area contributed by atoms with Crippen molar-refractivity contribution in [2.75, 3.05) is 58.3 Å². The lowest BCUT2D eigenvalue weighted by atomic mass is 10.2. The van der Waals surface area contributed by atoms with Crippen molar-refractivity contribution in [3.63, 3.8) is 0 Å². The molecule has 0 aliphatic carbocycles. The fourth-order valence-corrected chi connectivity index (χ4v) is 2.77. The first-order chi connectivity index (χ1) is 11.5. The molecule has 132 valence electrons. The van der Waals surface area contributed by atoms with Gasteiger partial charge >= 0.3 is 0 Å². The lowest BCUT2D eigenvalue weighted by Gasteiger charge is -2.36. The summed E-state index contributed by atoms with van der Waals surface area (Å²) in [7, 11) is 3.90. The molecule has 1 aromatic carbocycles. The van der Waals surface area contributed by atoms with Crippen LogP contribution in [0.25, 0.3) is 0 Å². The van der Waals surface area contributed by atoms with E-state index in [-0.39, 0.29) is 18.2 Å². The molecule has 0 atom stereocenters. The zero-order valence-electron chi connectivity index (χ0n) is 14.9. The Balaban J connectivity index is 1.75. The molecule has 1 aliphatic heterocycles. The first-order valence-electron chi connectivity index (χ1n) is 8.46. The first-order valence-corrected chi connectivity index (χ1v) is 8.46. The molecule has 24 heavy (non-hydrogen) atoms. The molecule has 6 heteroatoms. The maximum atomic E-state index is 12.2. The van der Waals surface area contributed by atoms with Crippen LogP contribution in [0.15, 0.2) is 24.3 Å². The Bertz CT molecular complexity index is 566. The van der Waals surface area contributed by atoms with Crippen LogP contribution in [0.3, 0.4) is 0 Å². The van der Waals surface area contributed by atoms with Gasteiger partial charge in [-0.3, -0.25) is 9.59 Å². The molecular formula is C18H28N4O2. The van der Waals surface area contributed by atoms with E-state index in [0.717, 1.165) is 19.6 Å². The summed E-state index contributed by atoms with van der Waals surface area (Å²) in [6.07, 6.45) is -0.0577. The van der Waals surface area contributed by atoms with E-state index in [2.05, 4.69) is 41.4 Å². The molecule has 1 fully saturated rings. The van der Waals surface area contributed by atoms with Crippen LogP contribution in [0, 0.1) is 6.92 Å². The molecule has 0 aromatic heterocycles. The summed E-state index contributed by atoms with van der Waals surface area (Å²) < 4.78 is 0. The van der Waals surface area contributed by atoms with Crippen LogP contribution in [0.2, 0.25) is 0 Å². The molecule has 6 nitrogen and oxygen atoms in total. The van der Waals surface area contributed by atoms with Crippen molar-refractivity contribution < 1.29 is 9.59 Å². The van der Waals surface area contributed by atoms with E-state index in [1.807, 2.05) is 19.0 Å². The zero-order valence-corrected chi connectivity index (χ0v) is 14.9. The van der Waals surface area contributed by atoms with Gasteiger partial charge in [0.1, 0.15) is 6.42 Å². The Morgan fingerprint density at radius 3 is 2.50 bits per heavy atom. The van der Waals surface area contributed by atoms with E-state index in [4.69, 9.17) is 0 Å². The lowest BCUT2D eigenvalue weighted by molar-refractivity contribution is -0.136. The van der Waals surface area contributed by atoms with Crippen LogP contribution < -0.4 is 10.2 Å². The first kappa shape index (κ1) is 18.3. The molecule has 0 spiro atoms. The second-order valence-corrected chi connectivity index (χ2v) is 6.54. The van der Waals surface area contributed by atoms with Crippen LogP contribution in [-0.4, -0.2) is 75.0 Å². The highest BCUT2D eigenvalue weighted by atomic mass is 16.2. The SMILES string of the molecule is Cc1cccc(N2CCN(C(=O)CC(=O)NCCN(C)C)CC2)c1. The highest BCUT2D eigenvalue weighted by molar-refractivity contribution is 5.96. The predicted octanol–water partition coefficient (Wildman–Crippen LogP) is 0.712. The number of aryl methyl sites for hydroxylation is 1. The Morgan fingerprint density at radius 2 is 1.88 bits per heavy atom. The van der Waals surface area contributed by atoms with Gasteiger partial charge in [0.25, 0.3) is 0 Å². The zero-order chi connectivity index (χ0) is 17.5. The minimum Gasteiger partial charge on any atom is -0.368 e. The number of amides is 2. The molecule has 2 amide bonds. The lowest BCUT2D eigenvalue weighted by Crippen LogP contribution is -2.49. The van der Waals surface area contributed by atoms with E-state index >= 15 is 0 Å². The molecule has 0 saturated carbocycles. The summed E-state index contributed by atoms with van der Waals surface area (Å²) in [6, 6.07) is 8.40. The molecular weight excluding hydrogens is 304 g/mol. The molecule has 2 rings (SSSR count). The number of benzene rings is 1. The summed E-state index contributed by atoms with van der Waals surface area (Å²) in [6.45, 7) is 6.36. The number of carbonyl (C=O) groups is 2. The Hall–Kier alpha value is -2.08. The molecule has 0 unspecified atom stereocenters. The van der Waals surface area contributed by atoms with Gasteiger partial charge in [0.05, 0.1) is 0 Å². The number of piperazine rings is 1. The molecule has 1 aliphatic rings. The van der Waals surface area contributed by atoms with E-state index in [9.17, 15) is 9.59 Å². The average molecular weight is 332 g/mol. The quantitative estimate of drug-likeness (QED) is 0.780. The number of rotatable bonds is 6. The van der Waals surface area contributed by atoms with Crippen molar-refractivity contribution in [2.45, 2.75) is 13.3 Å². The van der Waals surface area contributed by atoms with Gasteiger partial charge in [0, 0.05) is 45.0 Å². The van der Waals surface area contributed by atoms with Crippen LogP contribution in [0.5, 0.6) is 0 Å². The van der Waals surface area contributed by atoms with E-state index in [1.54, 1.807) is 4.90 Å². The Labute approximate surface area is 144 Å². The average Bonchev–Trinajstić information content (AvgIpc) is 2.54. The minimum absolute atomic E-state index is 0.0577. The smallest absolute Gasteiger partial charge is 0.232 e. The van der Waals surface area contributed by atoms with Gasteiger partial charge in [-0.25, -0.2) is 0 Å². The number of likely N-dealkylation sites (N-methyl/N-ethyl adjacent to an activating group) is 1. The maximum Gasteiger partial charge on any atom is 0.232 e. The molecule has 0 bridgehead atoms. The third kappa shape index (κ3) is 5.53. The predicted molar refractivity (Wildman–Crippen MR) is 96.2 cm³/mol. The summed E-state index contributed by atoms with van der Waals surface area (Å²) in [5.74, 6) is -0.274. The normalized spacial score (nSPS) is 14.8. The summed E-state index contributed by atoms with van der Waals surface area (Å²) in [4.78, 5) is 30.1. The molecule has 1 saturated heterocycles. The van der Waals surface area contributed by atoms with Crippen molar-refractivity contribution in [2.24, 2.45) is 0 Å².